The Hall–Kier alpha value is -1.27. The van der Waals surface area contributed by atoms with Crippen LogP contribution in [0, 0.1) is 0 Å². The molecule has 0 bridgehead atoms. The van der Waals surface area contributed by atoms with Gasteiger partial charge in [0.1, 0.15) is 11.6 Å². The molecule has 0 saturated heterocycles. The first-order valence-electron chi connectivity index (χ1n) is 2.69. The summed E-state index contributed by atoms with van der Waals surface area (Å²) < 4.78 is 1.72. The molecule has 0 amide bonds. The maximum Gasteiger partial charge on any atom is 0.146 e. The fraction of sp³-hybridized carbons (Fsp3) is 0.143. The van der Waals surface area contributed by atoms with Crippen LogP contribution in [0.1, 0.15) is 6.92 Å². The van der Waals surface area contributed by atoms with Crippen LogP contribution in [0.5, 0.6) is 0 Å². The van der Waals surface area contributed by atoms with Gasteiger partial charge in [-0.1, -0.05) is 0 Å². The third kappa shape index (κ3) is 1.09. The van der Waals surface area contributed by atoms with Crippen LogP contribution in [0.4, 0.5) is 0 Å². The zero-order valence-corrected chi connectivity index (χ0v) is 5.16. The number of hydrogen-bond acceptors (Lipinski definition) is 1. The molecule has 0 saturated carbocycles. The van der Waals surface area contributed by atoms with E-state index in [1.807, 2.05) is 12.1 Å². The van der Waals surface area contributed by atoms with E-state index < -0.39 is 0 Å². The Kier molecular flexibility index (Phi) is 1.52. The van der Waals surface area contributed by atoms with Crippen molar-refractivity contribution in [2.75, 3.05) is 0 Å². The first-order valence-corrected chi connectivity index (χ1v) is 2.69. The van der Waals surface area contributed by atoms with Gasteiger partial charge in [-0.25, -0.2) is 4.79 Å². The van der Waals surface area contributed by atoms with E-state index in [2.05, 4.69) is 0 Å². The van der Waals surface area contributed by atoms with Crippen LogP contribution in [-0.4, -0.2) is 10.5 Å². The number of rotatable bonds is 1. The summed E-state index contributed by atoms with van der Waals surface area (Å²) in [5.41, 5.74) is 0.583. The van der Waals surface area contributed by atoms with Gasteiger partial charge in [0.2, 0.25) is 0 Å². The van der Waals surface area contributed by atoms with Crippen molar-refractivity contribution in [3.05, 3.63) is 24.5 Å². The highest BCUT2D eigenvalue weighted by Gasteiger charge is 1.87. The average Bonchev–Trinajstić information content (AvgIpc) is 2.37. The van der Waals surface area contributed by atoms with Crippen LogP contribution in [-0.2, 0) is 4.79 Å². The van der Waals surface area contributed by atoms with E-state index in [-0.39, 0.29) is 0 Å². The molecule has 1 aromatic rings. The van der Waals surface area contributed by atoms with E-state index >= 15 is 0 Å². The Morgan fingerprint density at radius 2 is 2.00 bits per heavy atom. The van der Waals surface area contributed by atoms with Crippen molar-refractivity contribution >= 4 is 11.6 Å². The Bertz CT molecular complexity index is 229. The van der Waals surface area contributed by atoms with E-state index in [0.29, 0.717) is 5.70 Å². The number of aromatic nitrogens is 1. The van der Waals surface area contributed by atoms with Gasteiger partial charge in [0.15, 0.2) is 0 Å². The molecule has 1 rings (SSSR count). The van der Waals surface area contributed by atoms with Crippen LogP contribution in [0.15, 0.2) is 24.5 Å². The Morgan fingerprint density at radius 3 is 2.44 bits per heavy atom. The Labute approximate surface area is 53.4 Å². The van der Waals surface area contributed by atoms with Crippen LogP contribution < -0.4 is 0 Å². The van der Waals surface area contributed by atoms with Crippen molar-refractivity contribution in [3.63, 3.8) is 0 Å². The third-order valence-corrected chi connectivity index (χ3v) is 1.14. The normalized spacial score (nSPS) is 8.56. The SMILES string of the molecule is CC(=C=O)n1cccc1. The lowest BCUT2D eigenvalue weighted by molar-refractivity contribution is 0.568. The second-order valence-corrected chi connectivity index (χ2v) is 1.78. The van der Waals surface area contributed by atoms with Gasteiger partial charge in [-0.15, -0.1) is 0 Å². The topological polar surface area (TPSA) is 22.0 Å². The van der Waals surface area contributed by atoms with Crippen molar-refractivity contribution in [1.82, 2.24) is 4.57 Å². The smallest absolute Gasteiger partial charge is 0.146 e. The zero-order chi connectivity index (χ0) is 6.69. The largest absolute Gasteiger partial charge is 0.318 e. The molecule has 0 fully saturated rings. The number of carbonyl (C=O) groups excluding carboxylic acids is 1. The second-order valence-electron chi connectivity index (χ2n) is 1.78. The molecule has 0 aliphatic rings. The molecular weight excluding hydrogens is 114 g/mol. The summed E-state index contributed by atoms with van der Waals surface area (Å²) in [6.07, 6.45) is 3.61. The van der Waals surface area contributed by atoms with Crippen molar-refractivity contribution in [2.24, 2.45) is 0 Å². The molecule has 9 heavy (non-hydrogen) atoms. The van der Waals surface area contributed by atoms with Gasteiger partial charge >= 0.3 is 0 Å². The van der Waals surface area contributed by atoms with Gasteiger partial charge in [0.05, 0.1) is 0 Å². The van der Waals surface area contributed by atoms with E-state index in [4.69, 9.17) is 0 Å². The van der Waals surface area contributed by atoms with E-state index in [0.717, 1.165) is 0 Å². The van der Waals surface area contributed by atoms with Crippen molar-refractivity contribution in [2.45, 2.75) is 6.92 Å². The third-order valence-electron chi connectivity index (χ3n) is 1.14. The highest BCUT2D eigenvalue weighted by molar-refractivity contribution is 5.75. The second kappa shape index (κ2) is 2.33. The van der Waals surface area contributed by atoms with Crippen molar-refractivity contribution in [3.8, 4) is 0 Å². The minimum atomic E-state index is 0.583. The van der Waals surface area contributed by atoms with Crippen molar-refractivity contribution < 1.29 is 4.79 Å². The van der Waals surface area contributed by atoms with Crippen LogP contribution in [0.25, 0.3) is 5.70 Å². The molecule has 0 spiro atoms. The number of hydrogen-bond donors (Lipinski definition) is 0. The minimum absolute atomic E-state index is 0.583. The molecule has 0 atom stereocenters. The fourth-order valence-corrected chi connectivity index (χ4v) is 0.611. The Morgan fingerprint density at radius 1 is 1.44 bits per heavy atom. The first-order chi connectivity index (χ1) is 4.34. The minimum Gasteiger partial charge on any atom is -0.318 e. The van der Waals surface area contributed by atoms with Crippen LogP contribution >= 0.6 is 0 Å². The van der Waals surface area contributed by atoms with Crippen molar-refractivity contribution in [1.29, 1.82) is 0 Å². The lowest BCUT2D eigenvalue weighted by atomic mass is 10.5. The zero-order valence-electron chi connectivity index (χ0n) is 5.16. The first kappa shape index (κ1) is 5.86. The molecule has 2 heteroatoms. The van der Waals surface area contributed by atoms with Gasteiger partial charge in [0.25, 0.3) is 0 Å². The van der Waals surface area contributed by atoms with Gasteiger partial charge in [-0.3, -0.25) is 0 Å². The fourth-order valence-electron chi connectivity index (χ4n) is 0.611. The molecule has 1 heterocycles. The van der Waals surface area contributed by atoms with E-state index in [1.54, 1.807) is 29.8 Å². The monoisotopic (exact) mass is 121 g/mol. The lowest BCUT2D eigenvalue weighted by Gasteiger charge is -1.92. The predicted molar refractivity (Wildman–Crippen MR) is 35.5 cm³/mol. The number of allylic oxidation sites excluding steroid dienone is 1. The highest BCUT2D eigenvalue weighted by Crippen LogP contribution is 1.97. The molecule has 0 N–H and O–H groups in total. The summed E-state index contributed by atoms with van der Waals surface area (Å²) in [4.78, 5) is 10.0. The average molecular weight is 121 g/mol. The molecule has 0 aliphatic heterocycles. The van der Waals surface area contributed by atoms with Gasteiger partial charge in [0, 0.05) is 12.4 Å². The summed E-state index contributed by atoms with van der Waals surface area (Å²) in [5.74, 6) is 1.80. The summed E-state index contributed by atoms with van der Waals surface area (Å²) in [6.45, 7) is 1.72. The Balaban J connectivity index is 3.03. The maximum atomic E-state index is 10.0. The molecule has 0 aromatic carbocycles. The molecule has 0 aliphatic carbocycles. The standard InChI is InChI=1S/C7H7NO/c1-7(6-9)8-4-2-3-5-8/h2-5H,1H3. The van der Waals surface area contributed by atoms with Crippen LogP contribution in [0.3, 0.4) is 0 Å². The molecule has 0 radical (unpaired) electrons. The molecule has 46 valence electrons. The highest BCUT2D eigenvalue weighted by atomic mass is 16.1. The van der Waals surface area contributed by atoms with E-state index in [1.165, 1.54) is 0 Å². The van der Waals surface area contributed by atoms with Gasteiger partial charge in [-0.05, 0) is 19.1 Å². The summed E-state index contributed by atoms with van der Waals surface area (Å²) in [5, 5.41) is 0. The molecule has 0 unspecified atom stereocenters. The summed E-state index contributed by atoms with van der Waals surface area (Å²) in [6, 6.07) is 3.72. The summed E-state index contributed by atoms with van der Waals surface area (Å²) >= 11 is 0. The number of nitrogens with zero attached hydrogens (tertiary/aromatic N) is 1. The summed E-state index contributed by atoms with van der Waals surface area (Å²) in [7, 11) is 0. The molecule has 1 aromatic heterocycles. The maximum absolute atomic E-state index is 10.0. The van der Waals surface area contributed by atoms with Gasteiger partial charge < -0.3 is 4.57 Å². The molecule has 2 nitrogen and oxygen atoms in total. The van der Waals surface area contributed by atoms with Crippen LogP contribution in [0.2, 0.25) is 0 Å². The van der Waals surface area contributed by atoms with E-state index in [9.17, 15) is 4.79 Å². The predicted octanol–water partition coefficient (Wildman–Crippen LogP) is 1.18. The molecular formula is C7H7NO. The lowest BCUT2D eigenvalue weighted by Crippen LogP contribution is -1.87. The quantitative estimate of drug-likeness (QED) is 0.511. The van der Waals surface area contributed by atoms with Gasteiger partial charge in [-0.2, -0.15) is 0 Å².